The third-order valence-corrected chi connectivity index (χ3v) is 5.26. The summed E-state index contributed by atoms with van der Waals surface area (Å²) in [7, 11) is 0. The standard InChI is InChI=1S/C17H13F2NO2S/c1-9(21)11-3-2-10(6-14(11)22)16-13-7-17(18,19)5-4-12(13)15(8-20)23-16/h2-3,6,22H,4-5,7H2,1H3. The molecule has 1 aromatic heterocycles. The Balaban J connectivity index is 2.15. The Bertz CT molecular complexity index is 849. The molecule has 3 rings (SSSR count). The fourth-order valence-electron chi connectivity index (χ4n) is 2.90. The largest absolute Gasteiger partial charge is 0.507 e. The van der Waals surface area contributed by atoms with Gasteiger partial charge in [0, 0.05) is 17.7 Å². The molecule has 0 saturated carbocycles. The van der Waals surface area contributed by atoms with Gasteiger partial charge >= 0.3 is 0 Å². The molecular formula is C17H13F2NO2S. The lowest BCUT2D eigenvalue weighted by molar-refractivity contribution is -0.0119. The van der Waals surface area contributed by atoms with Crippen molar-refractivity contribution < 1.29 is 18.7 Å². The van der Waals surface area contributed by atoms with E-state index in [1.165, 1.54) is 19.1 Å². The van der Waals surface area contributed by atoms with Gasteiger partial charge < -0.3 is 5.11 Å². The number of nitrogens with zero attached hydrogens (tertiary/aromatic N) is 1. The molecule has 1 aliphatic rings. The molecule has 0 radical (unpaired) electrons. The molecule has 0 amide bonds. The Morgan fingerprint density at radius 2 is 2.13 bits per heavy atom. The summed E-state index contributed by atoms with van der Waals surface area (Å²) in [5.41, 5.74) is 1.91. The summed E-state index contributed by atoms with van der Waals surface area (Å²) < 4.78 is 27.5. The highest BCUT2D eigenvalue weighted by atomic mass is 32.1. The number of Topliss-reactive ketones (excluding diaryl/α,β-unsaturated/α-hetero) is 1. The van der Waals surface area contributed by atoms with Crippen molar-refractivity contribution in [1.82, 2.24) is 0 Å². The topological polar surface area (TPSA) is 61.1 Å². The summed E-state index contributed by atoms with van der Waals surface area (Å²) in [5.74, 6) is -3.23. The molecule has 6 heteroatoms. The maximum absolute atomic E-state index is 13.8. The molecule has 0 aliphatic heterocycles. The highest BCUT2D eigenvalue weighted by Crippen LogP contribution is 2.45. The Morgan fingerprint density at radius 3 is 2.74 bits per heavy atom. The molecule has 0 atom stereocenters. The molecule has 0 spiro atoms. The molecule has 1 aromatic carbocycles. The third kappa shape index (κ3) is 2.73. The van der Waals surface area contributed by atoms with Crippen LogP contribution in [0.15, 0.2) is 18.2 Å². The zero-order valence-corrected chi connectivity index (χ0v) is 13.1. The van der Waals surface area contributed by atoms with Crippen LogP contribution in [-0.2, 0) is 12.8 Å². The van der Waals surface area contributed by atoms with Crippen molar-refractivity contribution in [2.24, 2.45) is 0 Å². The van der Waals surface area contributed by atoms with Gasteiger partial charge in [-0.05, 0) is 42.2 Å². The average molecular weight is 333 g/mol. The smallest absolute Gasteiger partial charge is 0.252 e. The molecule has 1 N–H and O–H groups in total. The molecule has 0 fully saturated rings. The summed E-state index contributed by atoms with van der Waals surface area (Å²) in [6, 6.07) is 6.57. The number of hydrogen-bond acceptors (Lipinski definition) is 4. The summed E-state index contributed by atoms with van der Waals surface area (Å²) in [5, 5.41) is 19.2. The number of benzene rings is 1. The summed E-state index contributed by atoms with van der Waals surface area (Å²) in [6.07, 6.45) is -0.469. The van der Waals surface area contributed by atoms with Gasteiger partial charge in [0.05, 0.1) is 5.56 Å². The van der Waals surface area contributed by atoms with Crippen LogP contribution in [0.5, 0.6) is 5.75 Å². The lowest BCUT2D eigenvalue weighted by atomic mass is 9.88. The second-order valence-corrected chi connectivity index (χ2v) is 6.67. The first-order valence-electron chi connectivity index (χ1n) is 7.09. The Morgan fingerprint density at radius 1 is 1.39 bits per heavy atom. The Hall–Kier alpha value is -2.26. The third-order valence-electron chi connectivity index (χ3n) is 4.03. The highest BCUT2D eigenvalue weighted by molar-refractivity contribution is 7.16. The second-order valence-electron chi connectivity index (χ2n) is 5.65. The minimum atomic E-state index is -2.78. The maximum atomic E-state index is 13.8. The van der Waals surface area contributed by atoms with Crippen molar-refractivity contribution in [2.45, 2.75) is 32.1 Å². The molecule has 0 bridgehead atoms. The number of ketones is 1. The number of halogens is 2. The molecule has 1 aliphatic carbocycles. The van der Waals surface area contributed by atoms with Gasteiger partial charge in [0.25, 0.3) is 5.92 Å². The number of carbonyl (C=O) groups excluding carboxylic acids is 1. The van der Waals surface area contributed by atoms with Crippen molar-refractivity contribution >= 4 is 17.1 Å². The second kappa shape index (κ2) is 5.43. The first-order valence-corrected chi connectivity index (χ1v) is 7.91. The SMILES string of the molecule is CC(=O)c1ccc(-c2sc(C#N)c3c2CC(F)(F)CC3)cc1O. The predicted octanol–water partition coefficient (Wildman–Crippen LogP) is 4.32. The van der Waals surface area contributed by atoms with E-state index in [0.717, 1.165) is 11.3 Å². The number of carbonyl (C=O) groups is 1. The number of hydrogen-bond donors (Lipinski definition) is 1. The van der Waals surface area contributed by atoms with E-state index < -0.39 is 12.3 Å². The number of thiophene rings is 1. The van der Waals surface area contributed by atoms with E-state index in [0.29, 0.717) is 26.4 Å². The zero-order valence-electron chi connectivity index (χ0n) is 12.3. The van der Waals surface area contributed by atoms with Crippen molar-refractivity contribution in [3.8, 4) is 22.3 Å². The quantitative estimate of drug-likeness (QED) is 0.833. The normalized spacial score (nSPS) is 15.7. The van der Waals surface area contributed by atoms with Crippen LogP contribution >= 0.6 is 11.3 Å². The maximum Gasteiger partial charge on any atom is 0.252 e. The van der Waals surface area contributed by atoms with E-state index in [9.17, 15) is 23.9 Å². The van der Waals surface area contributed by atoms with E-state index in [4.69, 9.17) is 0 Å². The van der Waals surface area contributed by atoms with E-state index in [-0.39, 0.29) is 29.9 Å². The first-order chi connectivity index (χ1) is 10.8. The monoisotopic (exact) mass is 333 g/mol. The van der Waals surface area contributed by atoms with E-state index in [2.05, 4.69) is 6.07 Å². The lowest BCUT2D eigenvalue weighted by Crippen LogP contribution is -2.25. The predicted molar refractivity (Wildman–Crippen MR) is 83.1 cm³/mol. The Kier molecular flexibility index (Phi) is 3.69. The summed E-state index contributed by atoms with van der Waals surface area (Å²) >= 11 is 1.16. The number of phenolic OH excluding ortho intramolecular Hbond substituents is 1. The van der Waals surface area contributed by atoms with Gasteiger partial charge in [0.1, 0.15) is 16.7 Å². The van der Waals surface area contributed by atoms with Crippen molar-refractivity contribution in [3.63, 3.8) is 0 Å². The first kappa shape index (κ1) is 15.6. The summed E-state index contributed by atoms with van der Waals surface area (Å²) in [4.78, 5) is 12.4. The number of phenols is 1. The van der Waals surface area contributed by atoms with Crippen LogP contribution in [0.1, 0.15) is 39.7 Å². The van der Waals surface area contributed by atoms with Gasteiger partial charge in [-0.25, -0.2) is 8.78 Å². The van der Waals surface area contributed by atoms with Crippen LogP contribution < -0.4 is 0 Å². The van der Waals surface area contributed by atoms with Gasteiger partial charge in [-0.15, -0.1) is 11.3 Å². The van der Waals surface area contributed by atoms with Crippen molar-refractivity contribution in [2.75, 3.05) is 0 Å². The lowest BCUT2D eigenvalue weighted by Gasteiger charge is -2.23. The fraction of sp³-hybridized carbons (Fsp3) is 0.294. The molecule has 0 unspecified atom stereocenters. The minimum absolute atomic E-state index is 0.180. The van der Waals surface area contributed by atoms with Gasteiger partial charge in [-0.3, -0.25) is 4.79 Å². The Labute approximate surface area is 135 Å². The number of rotatable bonds is 2. The van der Waals surface area contributed by atoms with Crippen LogP contribution in [-0.4, -0.2) is 16.8 Å². The molecule has 3 nitrogen and oxygen atoms in total. The fourth-order valence-corrected chi connectivity index (χ4v) is 4.06. The van der Waals surface area contributed by atoms with Crippen LogP contribution in [0.4, 0.5) is 8.78 Å². The van der Waals surface area contributed by atoms with Gasteiger partial charge in [-0.2, -0.15) is 5.26 Å². The highest BCUT2D eigenvalue weighted by Gasteiger charge is 2.37. The van der Waals surface area contributed by atoms with Crippen LogP contribution in [0.3, 0.4) is 0 Å². The number of fused-ring (bicyclic) bond motifs is 1. The number of nitriles is 1. The van der Waals surface area contributed by atoms with Gasteiger partial charge in [0.2, 0.25) is 0 Å². The van der Waals surface area contributed by atoms with Crippen molar-refractivity contribution in [3.05, 3.63) is 39.8 Å². The molecule has 118 valence electrons. The molecule has 2 aromatic rings. The molecule has 0 saturated heterocycles. The van der Waals surface area contributed by atoms with Crippen LogP contribution in [0, 0.1) is 11.3 Å². The van der Waals surface area contributed by atoms with E-state index in [1.54, 1.807) is 6.07 Å². The number of alkyl halides is 2. The molecular weight excluding hydrogens is 320 g/mol. The van der Waals surface area contributed by atoms with E-state index in [1.807, 2.05) is 0 Å². The summed E-state index contributed by atoms with van der Waals surface area (Å²) in [6.45, 7) is 1.34. The van der Waals surface area contributed by atoms with Gasteiger partial charge in [0.15, 0.2) is 5.78 Å². The van der Waals surface area contributed by atoms with Crippen molar-refractivity contribution in [1.29, 1.82) is 5.26 Å². The average Bonchev–Trinajstić information content (AvgIpc) is 2.83. The molecule has 1 heterocycles. The van der Waals surface area contributed by atoms with Crippen LogP contribution in [0.2, 0.25) is 0 Å². The van der Waals surface area contributed by atoms with Gasteiger partial charge in [-0.1, -0.05) is 6.07 Å². The van der Waals surface area contributed by atoms with E-state index >= 15 is 0 Å². The van der Waals surface area contributed by atoms with Crippen LogP contribution in [0.25, 0.3) is 10.4 Å². The molecule has 23 heavy (non-hydrogen) atoms. The zero-order chi connectivity index (χ0) is 16.8. The minimum Gasteiger partial charge on any atom is -0.507 e. The number of aromatic hydroxyl groups is 1.